The van der Waals surface area contributed by atoms with Crippen LogP contribution in [0.5, 0.6) is 5.75 Å². The maximum atomic E-state index is 14.6. The van der Waals surface area contributed by atoms with Gasteiger partial charge in [0.05, 0.1) is 39.8 Å². The fraction of sp³-hybridized carbons (Fsp3) is 0.462. The lowest BCUT2D eigenvalue weighted by atomic mass is 9.85. The van der Waals surface area contributed by atoms with E-state index in [0.717, 1.165) is 46.1 Å². The van der Waals surface area contributed by atoms with Gasteiger partial charge >= 0.3 is 0 Å². The van der Waals surface area contributed by atoms with E-state index >= 15 is 0 Å². The smallest absolute Gasteiger partial charge is 0.258 e. The highest BCUT2D eigenvalue weighted by Crippen LogP contribution is 2.40. The van der Waals surface area contributed by atoms with Crippen molar-refractivity contribution < 1.29 is 43.0 Å². The number of thiazole rings is 1. The van der Waals surface area contributed by atoms with Crippen LogP contribution in [0.25, 0.3) is 21.5 Å². The first kappa shape index (κ1) is 51.6. The van der Waals surface area contributed by atoms with Gasteiger partial charge in [-0.2, -0.15) is 0 Å². The molecule has 20 heteroatoms. The zero-order valence-electron chi connectivity index (χ0n) is 41.2. The van der Waals surface area contributed by atoms with E-state index in [1.807, 2.05) is 31.2 Å². The summed E-state index contributed by atoms with van der Waals surface area (Å²) >= 11 is 1.44. The number of aliphatic hydroxyl groups is 1. The highest BCUT2D eigenvalue weighted by molar-refractivity contribution is 7.13. The van der Waals surface area contributed by atoms with E-state index < -0.39 is 52.9 Å². The number of fused-ring (bicyclic) bond motifs is 1. The third kappa shape index (κ3) is 12.5. The second-order valence-electron chi connectivity index (χ2n) is 20.1. The first-order valence-electron chi connectivity index (χ1n) is 24.5. The van der Waals surface area contributed by atoms with E-state index in [1.54, 1.807) is 62.7 Å². The molecule has 8 rings (SSSR count). The van der Waals surface area contributed by atoms with Crippen LogP contribution in [-0.4, -0.2) is 128 Å². The van der Waals surface area contributed by atoms with Crippen LogP contribution in [0, 0.1) is 12.3 Å². The van der Waals surface area contributed by atoms with Crippen molar-refractivity contribution in [2.75, 3.05) is 38.1 Å². The van der Waals surface area contributed by atoms with Crippen molar-refractivity contribution in [2.45, 2.75) is 116 Å². The Bertz CT molecular complexity index is 2820. The van der Waals surface area contributed by atoms with Gasteiger partial charge in [-0.05, 0) is 112 Å². The van der Waals surface area contributed by atoms with Crippen molar-refractivity contribution in [2.24, 2.45) is 5.41 Å². The van der Waals surface area contributed by atoms with Gasteiger partial charge in [-0.25, -0.2) is 14.4 Å². The van der Waals surface area contributed by atoms with Crippen molar-refractivity contribution in [3.05, 3.63) is 94.4 Å². The number of benzene rings is 3. The number of carbonyl (C=O) groups excluding carboxylic acids is 6. The second kappa shape index (κ2) is 21.9. The number of alkyl halides is 1. The summed E-state index contributed by atoms with van der Waals surface area (Å²) in [4.78, 5) is 96.4. The Kier molecular flexibility index (Phi) is 15.7. The molecule has 1 saturated carbocycles. The number of aryl methyl sites for hydroxylation is 1. The Morgan fingerprint density at radius 3 is 2.39 bits per heavy atom. The standard InChI is InChI=1S/C52H63FN10O8S/c1-30-8-6-21-62(30)27-42-59-38-16-15-36(23-39(38)60-42)58-47(67)33-11-9-32(10-12-33)46(66)55-20-7-19-54-43(65)28-71-41-22-34(44-31(2)57-29-72-44)13-14-35(41)25-56-48(68)40-24-37(64)26-63(40)49(69)45(51(3,4)5)61-50(70)52(53)17-18-52/h9-16,22-23,29-30,37,40,45,64H,6-8,17-21,24-28H2,1-5H3,(H,54,65)(H,55,66)(H,56,68)(H,58,67)(H,59,60)(H,61,70)/t30-,37+,40-,45+/m0/s1. The van der Waals surface area contributed by atoms with Gasteiger partial charge in [0.2, 0.25) is 11.8 Å². The Balaban J connectivity index is 0.798. The van der Waals surface area contributed by atoms with Crippen molar-refractivity contribution in [1.82, 2.24) is 46.0 Å². The first-order chi connectivity index (χ1) is 34.3. The van der Waals surface area contributed by atoms with Gasteiger partial charge in [0, 0.05) is 61.0 Å². The number of H-pyrrole nitrogens is 1. The predicted octanol–water partition coefficient (Wildman–Crippen LogP) is 5.16. The largest absolute Gasteiger partial charge is 0.483 e. The molecule has 72 heavy (non-hydrogen) atoms. The molecule has 2 saturated heterocycles. The molecule has 382 valence electrons. The number of carbonyl (C=O) groups is 6. The van der Waals surface area contributed by atoms with Gasteiger partial charge in [0.15, 0.2) is 12.3 Å². The van der Waals surface area contributed by atoms with Gasteiger partial charge in [-0.3, -0.25) is 33.7 Å². The minimum Gasteiger partial charge on any atom is -0.483 e. The van der Waals surface area contributed by atoms with E-state index in [0.29, 0.717) is 40.6 Å². The number of β-amino-alcohol motifs (C(OH)–C–C–N with tert-alkyl or cyclic N) is 1. The molecule has 0 unspecified atom stereocenters. The molecular weight excluding hydrogens is 944 g/mol. The van der Waals surface area contributed by atoms with Crippen LogP contribution in [0.1, 0.15) is 104 Å². The number of hydrogen-bond acceptors (Lipinski definition) is 12. The Labute approximate surface area is 421 Å². The van der Waals surface area contributed by atoms with Crippen LogP contribution in [-0.2, 0) is 32.3 Å². The molecule has 4 heterocycles. The summed E-state index contributed by atoms with van der Waals surface area (Å²) in [5, 5.41) is 24.6. The summed E-state index contributed by atoms with van der Waals surface area (Å²) < 4.78 is 20.7. The number of aliphatic hydroxyl groups excluding tert-OH is 1. The third-order valence-corrected chi connectivity index (χ3v) is 14.4. The number of rotatable bonds is 19. The number of amides is 6. The molecule has 3 aliphatic rings. The number of imidazole rings is 1. The molecule has 0 spiro atoms. The van der Waals surface area contributed by atoms with Crippen LogP contribution in [0.2, 0.25) is 0 Å². The average molecular weight is 1010 g/mol. The van der Waals surface area contributed by atoms with Gasteiger partial charge in [-0.1, -0.05) is 32.9 Å². The van der Waals surface area contributed by atoms with E-state index in [2.05, 4.69) is 48.4 Å². The molecule has 5 aromatic rings. The number of ether oxygens (including phenoxy) is 1. The molecule has 0 radical (unpaired) electrons. The van der Waals surface area contributed by atoms with Crippen LogP contribution in [0.4, 0.5) is 10.1 Å². The SMILES string of the molecule is Cc1ncsc1-c1ccc(CNC(=O)[C@@H]2C[C@@H](O)CN2C(=O)[C@@H](NC(=O)C2(F)CC2)C(C)(C)C)c(OCC(=O)NCCCNC(=O)c2ccc(C(=O)Nc3ccc4nc(CN5CCC[C@@H]5C)[nH]c4c3)cc2)c1. The second-order valence-corrected chi connectivity index (χ2v) is 21.0. The molecule has 2 aromatic heterocycles. The van der Waals surface area contributed by atoms with Crippen LogP contribution in [0.15, 0.2) is 66.2 Å². The molecule has 0 bridgehead atoms. The molecule has 6 amide bonds. The molecule has 1 aliphatic carbocycles. The van der Waals surface area contributed by atoms with Crippen molar-refractivity contribution >= 4 is 63.5 Å². The van der Waals surface area contributed by atoms with E-state index in [-0.39, 0.29) is 63.9 Å². The maximum Gasteiger partial charge on any atom is 0.258 e. The molecule has 18 nitrogen and oxygen atoms in total. The highest BCUT2D eigenvalue weighted by Gasteiger charge is 2.53. The lowest BCUT2D eigenvalue weighted by Crippen LogP contribution is -2.59. The number of nitrogens with one attached hydrogen (secondary N) is 6. The van der Waals surface area contributed by atoms with Gasteiger partial charge < -0.3 is 46.3 Å². The summed E-state index contributed by atoms with van der Waals surface area (Å²) in [6, 6.07) is 15.6. The van der Waals surface area contributed by atoms with E-state index in [4.69, 9.17) is 9.72 Å². The molecule has 3 aromatic carbocycles. The fourth-order valence-electron chi connectivity index (χ4n) is 9.00. The van der Waals surface area contributed by atoms with Gasteiger partial charge in [0.25, 0.3) is 23.6 Å². The number of anilines is 1. The maximum absolute atomic E-state index is 14.6. The summed E-state index contributed by atoms with van der Waals surface area (Å²) in [7, 11) is 0. The normalized spacial score (nSPS) is 18.9. The molecule has 2 aliphatic heterocycles. The molecule has 7 N–H and O–H groups in total. The van der Waals surface area contributed by atoms with E-state index in [1.165, 1.54) is 29.1 Å². The van der Waals surface area contributed by atoms with Gasteiger partial charge in [0.1, 0.15) is 23.7 Å². The molecule has 4 atom stereocenters. The number of hydrogen-bond donors (Lipinski definition) is 7. The van der Waals surface area contributed by atoms with Crippen molar-refractivity contribution in [3.63, 3.8) is 0 Å². The quantitative estimate of drug-likeness (QED) is 0.0534. The predicted molar refractivity (Wildman–Crippen MR) is 270 cm³/mol. The summed E-state index contributed by atoms with van der Waals surface area (Å²) in [6.07, 6.45) is 1.92. The number of nitrogens with zero attached hydrogens (tertiary/aromatic N) is 4. The monoisotopic (exact) mass is 1010 g/mol. The topological polar surface area (TPSA) is 240 Å². The highest BCUT2D eigenvalue weighted by atomic mass is 32.1. The Hall–Kier alpha value is -6.77. The zero-order chi connectivity index (χ0) is 51.3. The van der Waals surface area contributed by atoms with Crippen molar-refractivity contribution in [1.29, 1.82) is 0 Å². The Morgan fingerprint density at radius 2 is 1.71 bits per heavy atom. The third-order valence-electron chi connectivity index (χ3n) is 13.4. The minimum absolute atomic E-state index is 0.0364. The minimum atomic E-state index is -2.00. The summed E-state index contributed by atoms with van der Waals surface area (Å²) in [5.41, 5.74) is 4.08. The first-order valence-corrected chi connectivity index (χ1v) is 25.3. The number of likely N-dealkylation sites (tertiary alicyclic amines) is 2. The number of halogens is 1. The fourth-order valence-corrected chi connectivity index (χ4v) is 9.80. The van der Waals surface area contributed by atoms with Gasteiger partial charge in [-0.15, -0.1) is 11.3 Å². The Morgan fingerprint density at radius 1 is 0.972 bits per heavy atom. The van der Waals surface area contributed by atoms with Crippen LogP contribution < -0.4 is 31.3 Å². The summed E-state index contributed by atoms with van der Waals surface area (Å²) in [5.74, 6) is -1.84. The van der Waals surface area contributed by atoms with Crippen LogP contribution in [0.3, 0.4) is 0 Å². The molecular formula is C52H63FN10O8S. The lowest BCUT2D eigenvalue weighted by Gasteiger charge is -2.35. The lowest BCUT2D eigenvalue weighted by molar-refractivity contribution is -0.145. The summed E-state index contributed by atoms with van der Waals surface area (Å²) in [6.45, 7) is 11.1. The van der Waals surface area contributed by atoms with Crippen LogP contribution >= 0.6 is 11.3 Å². The molecule has 3 fully saturated rings. The average Bonchev–Trinajstić information content (AvgIpc) is 3.74. The van der Waals surface area contributed by atoms with Crippen molar-refractivity contribution in [3.8, 4) is 16.2 Å². The number of aromatic amines is 1. The zero-order valence-corrected chi connectivity index (χ0v) is 42.0. The number of aromatic nitrogens is 3. The van der Waals surface area contributed by atoms with E-state index in [9.17, 15) is 38.3 Å².